The van der Waals surface area contributed by atoms with Crippen molar-refractivity contribution in [3.63, 3.8) is 0 Å². The third-order valence-electron chi connectivity index (χ3n) is 6.41. The first-order valence-electron chi connectivity index (χ1n) is 11.8. The van der Waals surface area contributed by atoms with E-state index >= 15 is 0 Å². The molecule has 1 saturated heterocycles. The Morgan fingerprint density at radius 3 is 2.55 bits per heavy atom. The molecule has 5 atom stereocenters. The molecule has 0 aliphatic carbocycles. The van der Waals surface area contributed by atoms with E-state index in [-0.39, 0.29) is 24.0 Å². The van der Waals surface area contributed by atoms with Gasteiger partial charge in [0.05, 0.1) is 30.2 Å². The summed E-state index contributed by atoms with van der Waals surface area (Å²) in [5.41, 5.74) is 0.766. The number of ether oxygens (including phenoxy) is 1. The van der Waals surface area contributed by atoms with Crippen molar-refractivity contribution >= 4 is 11.8 Å². The van der Waals surface area contributed by atoms with Crippen molar-refractivity contribution in [1.29, 1.82) is 0 Å². The SMILES string of the molecule is CCCCCCC(=O)N1CCC[C@H]1[C@H](OC)[C@@H](C)C(=O)N[C@H](C)[C@@H](O)c1ccccc1. The van der Waals surface area contributed by atoms with Crippen LogP contribution >= 0.6 is 0 Å². The molecule has 6 nitrogen and oxygen atoms in total. The number of nitrogens with one attached hydrogen (secondary N) is 1. The lowest BCUT2D eigenvalue weighted by molar-refractivity contribution is -0.140. The van der Waals surface area contributed by atoms with E-state index in [1.165, 1.54) is 0 Å². The zero-order chi connectivity index (χ0) is 22.8. The van der Waals surface area contributed by atoms with Gasteiger partial charge in [0.15, 0.2) is 0 Å². The second-order valence-electron chi connectivity index (χ2n) is 8.75. The van der Waals surface area contributed by atoms with Crippen molar-refractivity contribution < 1.29 is 19.4 Å². The topological polar surface area (TPSA) is 78.9 Å². The Morgan fingerprint density at radius 2 is 1.90 bits per heavy atom. The standard InChI is InChI=1S/C25H40N2O4/c1-5-6-7-11-16-22(28)27-17-12-15-21(27)24(31-4)18(2)25(30)26-19(3)23(29)20-13-9-8-10-14-20/h8-10,13-14,18-19,21,23-24,29H,5-7,11-12,15-17H2,1-4H3,(H,26,30)/t18-,19-,21+,23-,24-/m1/s1. The molecule has 1 aliphatic heterocycles. The first-order valence-corrected chi connectivity index (χ1v) is 11.8. The summed E-state index contributed by atoms with van der Waals surface area (Å²) in [4.78, 5) is 27.7. The van der Waals surface area contributed by atoms with Gasteiger partial charge in [-0.15, -0.1) is 0 Å². The van der Waals surface area contributed by atoms with Crippen LogP contribution in [0.25, 0.3) is 0 Å². The van der Waals surface area contributed by atoms with E-state index in [9.17, 15) is 14.7 Å². The largest absolute Gasteiger partial charge is 0.386 e. The van der Waals surface area contributed by atoms with Crippen molar-refractivity contribution in [1.82, 2.24) is 10.2 Å². The van der Waals surface area contributed by atoms with E-state index in [1.54, 1.807) is 14.0 Å². The van der Waals surface area contributed by atoms with E-state index in [0.29, 0.717) is 6.42 Å². The van der Waals surface area contributed by atoms with Crippen molar-refractivity contribution in [2.75, 3.05) is 13.7 Å². The average molecular weight is 433 g/mol. The lowest BCUT2D eigenvalue weighted by Gasteiger charge is -2.34. The number of hydrogen-bond donors (Lipinski definition) is 2. The number of rotatable bonds is 12. The number of amides is 2. The number of carbonyl (C=O) groups excluding carboxylic acids is 2. The second-order valence-corrected chi connectivity index (χ2v) is 8.75. The lowest BCUT2D eigenvalue weighted by Crippen LogP contribution is -2.51. The van der Waals surface area contributed by atoms with Crippen LogP contribution in [0.3, 0.4) is 0 Å². The normalized spacial score (nSPS) is 20.2. The molecule has 2 rings (SSSR count). The number of benzene rings is 1. The van der Waals surface area contributed by atoms with Crippen LogP contribution in [0.5, 0.6) is 0 Å². The van der Waals surface area contributed by atoms with Crippen LogP contribution in [0, 0.1) is 5.92 Å². The summed E-state index contributed by atoms with van der Waals surface area (Å²) in [5, 5.41) is 13.5. The second kappa shape index (κ2) is 12.8. The molecule has 0 unspecified atom stereocenters. The fourth-order valence-electron chi connectivity index (χ4n) is 4.51. The summed E-state index contributed by atoms with van der Waals surface area (Å²) in [6.45, 7) is 6.53. The average Bonchev–Trinajstić information content (AvgIpc) is 3.26. The molecular formula is C25H40N2O4. The molecule has 2 amide bonds. The predicted octanol–water partition coefficient (Wildman–Crippen LogP) is 3.84. The first kappa shape index (κ1) is 25.3. The van der Waals surface area contributed by atoms with Crippen LogP contribution < -0.4 is 5.32 Å². The maximum Gasteiger partial charge on any atom is 0.225 e. The van der Waals surface area contributed by atoms with Gasteiger partial charge < -0.3 is 20.1 Å². The third-order valence-corrected chi connectivity index (χ3v) is 6.41. The van der Waals surface area contributed by atoms with Gasteiger partial charge in [-0.25, -0.2) is 0 Å². The van der Waals surface area contributed by atoms with Crippen LogP contribution in [0.4, 0.5) is 0 Å². The molecule has 0 bridgehead atoms. The Kier molecular flexibility index (Phi) is 10.5. The van der Waals surface area contributed by atoms with Gasteiger partial charge in [-0.2, -0.15) is 0 Å². The number of likely N-dealkylation sites (tertiary alicyclic amines) is 1. The molecule has 0 radical (unpaired) electrons. The summed E-state index contributed by atoms with van der Waals surface area (Å²) in [6, 6.07) is 8.79. The molecule has 6 heteroatoms. The van der Waals surface area contributed by atoms with Gasteiger partial charge in [0.1, 0.15) is 0 Å². The van der Waals surface area contributed by atoms with Gasteiger partial charge in [-0.3, -0.25) is 9.59 Å². The Hall–Kier alpha value is -1.92. The van der Waals surface area contributed by atoms with E-state index in [4.69, 9.17) is 4.74 Å². The number of unbranched alkanes of at least 4 members (excludes halogenated alkanes) is 3. The number of methoxy groups -OCH3 is 1. The van der Waals surface area contributed by atoms with Gasteiger partial charge in [-0.1, -0.05) is 63.4 Å². The molecule has 1 heterocycles. The number of hydrogen-bond acceptors (Lipinski definition) is 4. The molecule has 1 aliphatic rings. The summed E-state index contributed by atoms with van der Waals surface area (Å²) >= 11 is 0. The highest BCUT2D eigenvalue weighted by atomic mass is 16.5. The van der Waals surface area contributed by atoms with Crippen LogP contribution in [0.15, 0.2) is 30.3 Å². The maximum atomic E-state index is 13.0. The van der Waals surface area contributed by atoms with Crippen LogP contribution in [-0.2, 0) is 14.3 Å². The molecular weight excluding hydrogens is 392 g/mol. The van der Waals surface area contributed by atoms with Crippen LogP contribution in [0.2, 0.25) is 0 Å². The third kappa shape index (κ3) is 7.04. The maximum absolute atomic E-state index is 13.0. The van der Waals surface area contributed by atoms with Crippen molar-refractivity contribution in [3.05, 3.63) is 35.9 Å². The highest BCUT2D eigenvalue weighted by Gasteiger charge is 2.39. The number of carbonyl (C=O) groups is 2. The van der Waals surface area contributed by atoms with E-state index in [1.807, 2.05) is 42.2 Å². The minimum atomic E-state index is -0.786. The predicted molar refractivity (Wildman–Crippen MR) is 122 cm³/mol. The highest BCUT2D eigenvalue weighted by molar-refractivity contribution is 5.80. The smallest absolute Gasteiger partial charge is 0.225 e. The minimum Gasteiger partial charge on any atom is -0.386 e. The Labute approximate surface area is 187 Å². The molecule has 174 valence electrons. The van der Waals surface area contributed by atoms with Gasteiger partial charge in [-0.05, 0) is 31.7 Å². The molecule has 31 heavy (non-hydrogen) atoms. The fraction of sp³-hybridized carbons (Fsp3) is 0.680. The molecule has 0 spiro atoms. The Balaban J connectivity index is 1.96. The van der Waals surface area contributed by atoms with Crippen molar-refractivity contribution in [3.8, 4) is 0 Å². The molecule has 0 saturated carbocycles. The minimum absolute atomic E-state index is 0.0845. The Morgan fingerprint density at radius 1 is 1.19 bits per heavy atom. The first-order chi connectivity index (χ1) is 14.9. The quantitative estimate of drug-likeness (QED) is 0.492. The molecule has 1 fully saturated rings. The number of aliphatic hydroxyl groups excluding tert-OH is 1. The molecule has 2 N–H and O–H groups in total. The fourth-order valence-corrected chi connectivity index (χ4v) is 4.51. The monoisotopic (exact) mass is 432 g/mol. The van der Waals surface area contributed by atoms with Crippen molar-refractivity contribution in [2.24, 2.45) is 5.92 Å². The van der Waals surface area contributed by atoms with E-state index < -0.39 is 18.1 Å². The number of aliphatic hydroxyl groups is 1. The van der Waals surface area contributed by atoms with Gasteiger partial charge >= 0.3 is 0 Å². The van der Waals surface area contributed by atoms with Gasteiger partial charge in [0.2, 0.25) is 11.8 Å². The zero-order valence-corrected chi connectivity index (χ0v) is 19.5. The molecule has 0 aromatic heterocycles. The van der Waals surface area contributed by atoms with Crippen LogP contribution in [0.1, 0.15) is 77.4 Å². The molecule has 1 aromatic rings. The van der Waals surface area contributed by atoms with Crippen molar-refractivity contribution in [2.45, 2.75) is 90.0 Å². The lowest BCUT2D eigenvalue weighted by atomic mass is 9.94. The Bertz CT molecular complexity index is 681. The summed E-state index contributed by atoms with van der Waals surface area (Å²) in [7, 11) is 1.61. The van der Waals surface area contributed by atoms with Gasteiger partial charge in [0.25, 0.3) is 0 Å². The van der Waals surface area contributed by atoms with E-state index in [0.717, 1.165) is 50.6 Å². The summed E-state index contributed by atoms with van der Waals surface area (Å²) in [5.74, 6) is -0.438. The zero-order valence-electron chi connectivity index (χ0n) is 19.5. The number of nitrogens with zero attached hydrogens (tertiary/aromatic N) is 1. The summed E-state index contributed by atoms with van der Waals surface area (Å²) in [6.07, 6.45) is 5.48. The van der Waals surface area contributed by atoms with E-state index in [2.05, 4.69) is 12.2 Å². The van der Waals surface area contributed by atoms with Crippen LogP contribution in [-0.4, -0.2) is 53.7 Å². The highest BCUT2D eigenvalue weighted by Crippen LogP contribution is 2.28. The van der Waals surface area contributed by atoms with Gasteiger partial charge in [0, 0.05) is 20.1 Å². The molecule has 1 aromatic carbocycles. The summed E-state index contributed by atoms with van der Waals surface area (Å²) < 4.78 is 5.75.